The second kappa shape index (κ2) is 13.7. The Bertz CT molecular complexity index is 2350. The zero-order valence-electron chi connectivity index (χ0n) is 28.1. The third-order valence-corrected chi connectivity index (χ3v) is 10.1. The number of aryl methyl sites for hydroxylation is 1. The van der Waals surface area contributed by atoms with E-state index in [4.69, 9.17) is 9.40 Å². The van der Waals surface area contributed by atoms with Crippen LogP contribution in [0.2, 0.25) is 0 Å². The molecule has 1 fully saturated rings. The zero-order chi connectivity index (χ0) is 32.7. The van der Waals surface area contributed by atoms with Crippen LogP contribution in [0.4, 0.5) is 0 Å². The first-order chi connectivity index (χ1) is 23.4. The number of rotatable bonds is 3. The minimum absolute atomic E-state index is 0. The van der Waals surface area contributed by atoms with Crippen molar-refractivity contribution in [3.63, 3.8) is 0 Å². The molecule has 245 valence electrons. The van der Waals surface area contributed by atoms with Crippen molar-refractivity contribution in [1.29, 1.82) is 0 Å². The molecule has 0 spiro atoms. The number of nitrogens with zero attached hydrogens (tertiary/aromatic N) is 2. The molecule has 0 unspecified atom stereocenters. The molecule has 1 saturated carbocycles. The first-order valence-corrected chi connectivity index (χ1v) is 17.0. The van der Waals surface area contributed by atoms with Crippen molar-refractivity contribution < 1.29 is 24.5 Å². The zero-order valence-corrected chi connectivity index (χ0v) is 30.5. The van der Waals surface area contributed by atoms with E-state index in [0.29, 0.717) is 11.3 Å². The van der Waals surface area contributed by atoms with Crippen molar-refractivity contribution >= 4 is 43.5 Å². The second-order valence-corrected chi connectivity index (χ2v) is 13.9. The van der Waals surface area contributed by atoms with Crippen molar-refractivity contribution in [2.75, 3.05) is 0 Å². The maximum atomic E-state index is 6.73. The predicted molar refractivity (Wildman–Crippen MR) is 199 cm³/mol. The van der Waals surface area contributed by atoms with Gasteiger partial charge in [0, 0.05) is 43.3 Å². The molecular weight excluding hydrogens is 777 g/mol. The molecular formula is C45H38IrN2O-2. The molecule has 3 nitrogen and oxygen atoms in total. The molecule has 3 aromatic heterocycles. The van der Waals surface area contributed by atoms with E-state index in [2.05, 4.69) is 98.6 Å². The molecule has 8 aromatic rings. The molecule has 0 aliphatic heterocycles. The molecule has 1 radical (unpaired) electrons. The average Bonchev–Trinajstić information content (AvgIpc) is 3.52. The summed E-state index contributed by atoms with van der Waals surface area (Å²) in [6.07, 6.45) is 8.88. The van der Waals surface area contributed by atoms with Gasteiger partial charge in [-0.3, -0.25) is 0 Å². The number of benzene rings is 5. The molecule has 1 aliphatic carbocycles. The van der Waals surface area contributed by atoms with Gasteiger partial charge in [0.1, 0.15) is 5.58 Å². The van der Waals surface area contributed by atoms with Gasteiger partial charge in [-0.1, -0.05) is 91.5 Å². The molecule has 3 heterocycles. The molecule has 0 atom stereocenters. The Morgan fingerprint density at radius 2 is 1.45 bits per heavy atom. The largest absolute Gasteiger partial charge is 0.500 e. The Morgan fingerprint density at radius 3 is 2.24 bits per heavy atom. The Labute approximate surface area is 301 Å². The summed E-state index contributed by atoms with van der Waals surface area (Å²) >= 11 is 0. The number of hydrogen-bond acceptors (Lipinski definition) is 3. The Hall–Kier alpha value is -4.63. The summed E-state index contributed by atoms with van der Waals surface area (Å²) in [4.78, 5) is 9.09. The number of aromatic nitrogens is 2. The van der Waals surface area contributed by atoms with E-state index in [9.17, 15) is 0 Å². The number of fused-ring (bicyclic) bond motifs is 7. The molecule has 9 rings (SSSR count). The van der Waals surface area contributed by atoms with Crippen molar-refractivity contribution in [2.24, 2.45) is 5.41 Å². The van der Waals surface area contributed by atoms with Crippen LogP contribution in [0.25, 0.3) is 66.0 Å². The SMILES string of the molecule is Cc1cnc(-c2[c-]ccc3c2oc2c3ccc3ccc4ccccc4c32)cc1C1CCC(C)(C)CC1.[Ir].[c-]1ccccc1-c1ccccn1. The van der Waals surface area contributed by atoms with Crippen LogP contribution in [0.15, 0.2) is 126 Å². The van der Waals surface area contributed by atoms with E-state index in [1.807, 2.05) is 54.7 Å². The van der Waals surface area contributed by atoms with Crippen LogP contribution in [0.5, 0.6) is 0 Å². The van der Waals surface area contributed by atoms with Gasteiger partial charge in [-0.15, -0.1) is 54.1 Å². The van der Waals surface area contributed by atoms with Crippen LogP contribution in [0.3, 0.4) is 0 Å². The smallest absolute Gasteiger partial charge is 0.129 e. The van der Waals surface area contributed by atoms with E-state index in [1.54, 1.807) is 6.20 Å². The Kier molecular flexibility index (Phi) is 9.20. The van der Waals surface area contributed by atoms with Crippen LogP contribution in [-0.4, -0.2) is 9.97 Å². The van der Waals surface area contributed by atoms with Crippen LogP contribution in [-0.2, 0) is 20.1 Å². The third-order valence-electron chi connectivity index (χ3n) is 10.1. The molecule has 0 amide bonds. The quantitative estimate of drug-likeness (QED) is 0.132. The van der Waals surface area contributed by atoms with Gasteiger partial charge in [0.05, 0.1) is 5.58 Å². The van der Waals surface area contributed by atoms with Crippen molar-refractivity contribution in [3.05, 3.63) is 145 Å². The van der Waals surface area contributed by atoms with Gasteiger partial charge in [0.25, 0.3) is 0 Å². The van der Waals surface area contributed by atoms with Crippen molar-refractivity contribution in [2.45, 2.75) is 52.4 Å². The fourth-order valence-corrected chi connectivity index (χ4v) is 7.38. The predicted octanol–water partition coefficient (Wildman–Crippen LogP) is 12.3. The second-order valence-electron chi connectivity index (χ2n) is 13.9. The number of hydrogen-bond donors (Lipinski definition) is 0. The molecule has 0 N–H and O–H groups in total. The summed E-state index contributed by atoms with van der Waals surface area (Å²) in [6, 6.07) is 44.1. The Morgan fingerprint density at radius 1 is 0.694 bits per heavy atom. The monoisotopic (exact) mass is 815 g/mol. The fraction of sp³-hybridized carbons (Fsp3) is 0.200. The summed E-state index contributed by atoms with van der Waals surface area (Å²) in [6.45, 7) is 7.00. The number of pyridine rings is 2. The van der Waals surface area contributed by atoms with Crippen molar-refractivity contribution in [1.82, 2.24) is 9.97 Å². The fourth-order valence-electron chi connectivity index (χ4n) is 7.38. The standard InChI is InChI=1S/C34H30NO.C11H8N.Ir/c1-21-20-35-30(19-29(21)23-15-17-34(2,3)18-16-23)28-10-6-9-26-27-14-13-24-12-11-22-7-4-5-8-25(22)31(24)33(27)36-32(26)28;1-2-6-10(7-3-1)11-8-4-5-9-12-11;/h4-9,11-14,19-20,23H,15-18H2,1-3H3;1-6,8-9H;/q2*-1;. The average molecular weight is 815 g/mol. The summed E-state index contributed by atoms with van der Waals surface area (Å²) < 4.78 is 6.73. The topological polar surface area (TPSA) is 38.9 Å². The van der Waals surface area contributed by atoms with E-state index in [0.717, 1.165) is 44.5 Å². The van der Waals surface area contributed by atoms with Gasteiger partial charge in [0.15, 0.2) is 0 Å². The van der Waals surface area contributed by atoms with Gasteiger partial charge in [-0.2, -0.15) is 0 Å². The first kappa shape index (κ1) is 32.9. The van der Waals surface area contributed by atoms with Crippen LogP contribution in [0, 0.1) is 24.5 Å². The molecule has 0 saturated heterocycles. The van der Waals surface area contributed by atoms with Gasteiger partial charge >= 0.3 is 0 Å². The summed E-state index contributed by atoms with van der Waals surface area (Å²) in [5, 5.41) is 7.09. The minimum atomic E-state index is 0. The van der Waals surface area contributed by atoms with Gasteiger partial charge in [-0.05, 0) is 88.7 Å². The first-order valence-electron chi connectivity index (χ1n) is 17.0. The maximum Gasteiger partial charge on any atom is 0.129 e. The van der Waals surface area contributed by atoms with Gasteiger partial charge in [0.2, 0.25) is 0 Å². The number of furan rings is 1. The molecule has 5 aromatic carbocycles. The summed E-state index contributed by atoms with van der Waals surface area (Å²) in [7, 11) is 0. The normalized spacial score (nSPS) is 14.4. The molecule has 4 heteroatoms. The van der Waals surface area contributed by atoms with Crippen LogP contribution >= 0.6 is 0 Å². The molecule has 1 aliphatic rings. The molecule has 49 heavy (non-hydrogen) atoms. The maximum absolute atomic E-state index is 6.73. The van der Waals surface area contributed by atoms with E-state index in [-0.39, 0.29) is 20.1 Å². The van der Waals surface area contributed by atoms with E-state index < -0.39 is 0 Å². The summed E-state index contributed by atoms with van der Waals surface area (Å²) in [5.41, 5.74) is 8.93. The van der Waals surface area contributed by atoms with Crippen LogP contribution in [0.1, 0.15) is 56.6 Å². The van der Waals surface area contributed by atoms with E-state index in [1.165, 1.54) is 58.4 Å². The molecule has 0 bridgehead atoms. The van der Waals surface area contributed by atoms with Gasteiger partial charge < -0.3 is 14.4 Å². The minimum Gasteiger partial charge on any atom is -0.500 e. The third kappa shape index (κ3) is 6.44. The van der Waals surface area contributed by atoms with Gasteiger partial charge in [-0.25, -0.2) is 0 Å². The summed E-state index contributed by atoms with van der Waals surface area (Å²) in [5.74, 6) is 0.602. The van der Waals surface area contributed by atoms with Crippen LogP contribution < -0.4 is 0 Å². The Balaban J connectivity index is 0.000000246. The van der Waals surface area contributed by atoms with E-state index >= 15 is 0 Å². The van der Waals surface area contributed by atoms with Crippen molar-refractivity contribution in [3.8, 4) is 22.5 Å².